The normalized spacial score (nSPS) is 26.7. The van der Waals surface area contributed by atoms with Gasteiger partial charge in [-0.1, -0.05) is 0 Å². The van der Waals surface area contributed by atoms with Crippen molar-refractivity contribution < 1.29 is 4.84 Å². The van der Waals surface area contributed by atoms with E-state index >= 15 is 0 Å². The fourth-order valence-corrected chi connectivity index (χ4v) is 1.14. The minimum Gasteiger partial charge on any atom is -0.301 e. The van der Waals surface area contributed by atoms with Crippen LogP contribution in [0.4, 0.5) is 0 Å². The van der Waals surface area contributed by atoms with E-state index in [-0.39, 0.29) is 0 Å². The van der Waals surface area contributed by atoms with Crippen LogP contribution in [0.1, 0.15) is 26.2 Å². The monoisotopic (exact) mass is 144 g/mol. The Morgan fingerprint density at radius 2 is 2.50 bits per heavy atom. The summed E-state index contributed by atoms with van der Waals surface area (Å²) in [6, 6.07) is 0. The Hall–Kier alpha value is -0.120. The zero-order valence-corrected chi connectivity index (χ0v) is 6.52. The first kappa shape index (κ1) is 7.98. The summed E-state index contributed by atoms with van der Waals surface area (Å²) < 4.78 is 0. The second kappa shape index (κ2) is 4.66. The largest absolute Gasteiger partial charge is 0.301 e. The Morgan fingerprint density at radius 1 is 1.60 bits per heavy atom. The molecule has 3 heteroatoms. The summed E-state index contributed by atoms with van der Waals surface area (Å²) in [6.45, 7) is 3.83. The van der Waals surface area contributed by atoms with Gasteiger partial charge in [-0.05, 0) is 32.7 Å². The maximum absolute atomic E-state index is 5.06. The molecule has 60 valence electrons. The van der Waals surface area contributed by atoms with E-state index in [4.69, 9.17) is 4.84 Å². The molecule has 0 saturated carbocycles. The molecule has 1 rings (SSSR count). The van der Waals surface area contributed by atoms with Crippen LogP contribution in [-0.2, 0) is 4.84 Å². The van der Waals surface area contributed by atoms with Gasteiger partial charge in [0.15, 0.2) is 0 Å². The lowest BCUT2D eigenvalue weighted by molar-refractivity contribution is 0.00862. The number of hydroxylamine groups is 1. The van der Waals surface area contributed by atoms with Gasteiger partial charge in [0.25, 0.3) is 0 Å². The highest BCUT2D eigenvalue weighted by Crippen LogP contribution is 2.03. The smallest absolute Gasteiger partial charge is 0.0812 e. The molecule has 1 unspecified atom stereocenters. The van der Waals surface area contributed by atoms with Crippen LogP contribution in [0.5, 0.6) is 0 Å². The first-order valence-electron chi connectivity index (χ1n) is 4.04. The Kier molecular flexibility index (Phi) is 3.72. The highest BCUT2D eigenvalue weighted by molar-refractivity contribution is 4.65. The van der Waals surface area contributed by atoms with Crippen LogP contribution in [0.2, 0.25) is 0 Å². The average Bonchev–Trinajstić information content (AvgIpc) is 2.03. The van der Waals surface area contributed by atoms with E-state index in [0.717, 1.165) is 13.2 Å². The van der Waals surface area contributed by atoms with Gasteiger partial charge in [0, 0.05) is 0 Å². The third-order valence-corrected chi connectivity index (χ3v) is 1.68. The van der Waals surface area contributed by atoms with E-state index in [0.29, 0.717) is 6.17 Å². The maximum atomic E-state index is 5.06. The van der Waals surface area contributed by atoms with Crippen molar-refractivity contribution in [1.82, 2.24) is 10.8 Å². The summed E-state index contributed by atoms with van der Waals surface area (Å²) in [7, 11) is 0. The summed E-state index contributed by atoms with van der Waals surface area (Å²) in [5.41, 5.74) is 2.96. The predicted octanol–water partition coefficient (Wildman–Crippen LogP) is 0.627. The number of hydrogen-bond acceptors (Lipinski definition) is 3. The molecule has 0 amide bonds. The molecular weight excluding hydrogens is 128 g/mol. The zero-order valence-electron chi connectivity index (χ0n) is 6.52. The Labute approximate surface area is 62.1 Å². The number of rotatable bonds is 3. The lowest BCUT2D eigenvalue weighted by atomic mass is 10.1. The molecule has 0 radical (unpaired) electrons. The van der Waals surface area contributed by atoms with E-state index < -0.39 is 0 Å². The quantitative estimate of drug-likeness (QED) is 0.570. The average molecular weight is 144 g/mol. The van der Waals surface area contributed by atoms with Gasteiger partial charge in [-0.2, -0.15) is 5.48 Å². The van der Waals surface area contributed by atoms with Crippen LogP contribution in [0.25, 0.3) is 0 Å². The van der Waals surface area contributed by atoms with Crippen LogP contribution < -0.4 is 10.8 Å². The van der Waals surface area contributed by atoms with Crippen LogP contribution in [-0.4, -0.2) is 19.3 Å². The number of nitrogens with one attached hydrogen (secondary N) is 2. The first-order valence-corrected chi connectivity index (χ1v) is 4.04. The molecule has 2 N–H and O–H groups in total. The van der Waals surface area contributed by atoms with Crippen molar-refractivity contribution in [2.45, 2.75) is 32.4 Å². The van der Waals surface area contributed by atoms with E-state index in [9.17, 15) is 0 Å². The lowest BCUT2D eigenvalue weighted by Gasteiger charge is -2.23. The van der Waals surface area contributed by atoms with Crippen molar-refractivity contribution in [2.75, 3.05) is 13.2 Å². The van der Waals surface area contributed by atoms with Crippen LogP contribution in [0, 0.1) is 0 Å². The molecule has 0 aromatic carbocycles. The van der Waals surface area contributed by atoms with E-state index in [1.54, 1.807) is 0 Å². The highest BCUT2D eigenvalue weighted by Gasteiger charge is 2.10. The summed E-state index contributed by atoms with van der Waals surface area (Å²) in [5.74, 6) is 0. The van der Waals surface area contributed by atoms with Crippen LogP contribution in [0.3, 0.4) is 0 Å². The van der Waals surface area contributed by atoms with E-state index in [1.807, 2.05) is 6.92 Å². The molecule has 1 aliphatic rings. The summed E-state index contributed by atoms with van der Waals surface area (Å²) in [6.07, 6.45) is 4.16. The van der Waals surface area contributed by atoms with Crippen molar-refractivity contribution in [1.29, 1.82) is 0 Å². The van der Waals surface area contributed by atoms with Crippen molar-refractivity contribution in [2.24, 2.45) is 0 Å². The van der Waals surface area contributed by atoms with Crippen LogP contribution in [0.15, 0.2) is 0 Å². The Bertz CT molecular complexity index is 81.7. The molecule has 1 atom stereocenters. The lowest BCUT2D eigenvalue weighted by Crippen LogP contribution is -2.45. The van der Waals surface area contributed by atoms with Crippen LogP contribution >= 0.6 is 0 Å². The third kappa shape index (κ3) is 2.64. The van der Waals surface area contributed by atoms with E-state index in [1.165, 1.54) is 19.3 Å². The summed E-state index contributed by atoms with van der Waals surface area (Å²) in [4.78, 5) is 5.06. The number of piperidine rings is 1. The molecule has 0 aromatic heterocycles. The molecule has 1 aliphatic heterocycles. The molecule has 1 heterocycles. The number of hydrogen-bond donors (Lipinski definition) is 2. The standard InChI is InChI=1S/C7H16N2O/c1-2-10-9-7-5-3-4-6-8-7/h7-9H,2-6H2,1H3. The van der Waals surface area contributed by atoms with Crippen molar-refractivity contribution in [3.63, 3.8) is 0 Å². The molecule has 10 heavy (non-hydrogen) atoms. The summed E-state index contributed by atoms with van der Waals surface area (Å²) in [5, 5.41) is 3.32. The minimum absolute atomic E-state index is 0.383. The van der Waals surface area contributed by atoms with Gasteiger partial charge in [0.2, 0.25) is 0 Å². The van der Waals surface area contributed by atoms with Gasteiger partial charge in [0.1, 0.15) is 0 Å². The second-order valence-electron chi connectivity index (χ2n) is 2.55. The fraction of sp³-hybridized carbons (Fsp3) is 1.00. The maximum Gasteiger partial charge on any atom is 0.0812 e. The van der Waals surface area contributed by atoms with Crippen molar-refractivity contribution in [3.8, 4) is 0 Å². The van der Waals surface area contributed by atoms with Crippen molar-refractivity contribution in [3.05, 3.63) is 0 Å². The van der Waals surface area contributed by atoms with Gasteiger partial charge in [0.05, 0.1) is 12.8 Å². The molecule has 1 fully saturated rings. The molecular formula is C7H16N2O. The van der Waals surface area contributed by atoms with Gasteiger partial charge < -0.3 is 10.2 Å². The van der Waals surface area contributed by atoms with Gasteiger partial charge in [-0.3, -0.25) is 0 Å². The molecule has 0 aliphatic carbocycles. The Morgan fingerprint density at radius 3 is 3.10 bits per heavy atom. The van der Waals surface area contributed by atoms with Gasteiger partial charge in [-0.15, -0.1) is 0 Å². The zero-order chi connectivity index (χ0) is 7.23. The van der Waals surface area contributed by atoms with E-state index in [2.05, 4.69) is 10.8 Å². The molecule has 1 saturated heterocycles. The first-order chi connectivity index (χ1) is 4.93. The molecule has 0 bridgehead atoms. The molecule has 0 spiro atoms. The Balaban J connectivity index is 2.02. The fourth-order valence-electron chi connectivity index (χ4n) is 1.14. The topological polar surface area (TPSA) is 33.3 Å². The summed E-state index contributed by atoms with van der Waals surface area (Å²) >= 11 is 0. The minimum atomic E-state index is 0.383. The highest BCUT2D eigenvalue weighted by atomic mass is 16.6. The molecule has 0 aromatic rings. The van der Waals surface area contributed by atoms with Gasteiger partial charge in [-0.25, -0.2) is 0 Å². The van der Waals surface area contributed by atoms with Gasteiger partial charge >= 0.3 is 0 Å². The SMILES string of the molecule is CCONC1CCCCN1. The third-order valence-electron chi connectivity index (χ3n) is 1.68. The molecule has 3 nitrogen and oxygen atoms in total. The van der Waals surface area contributed by atoms with Crippen molar-refractivity contribution >= 4 is 0 Å². The second-order valence-corrected chi connectivity index (χ2v) is 2.55. The predicted molar refractivity (Wildman–Crippen MR) is 40.4 cm³/mol.